The first kappa shape index (κ1) is 74.4. The second-order valence-electron chi connectivity index (χ2n) is 20.5. The predicted molar refractivity (Wildman–Crippen MR) is 325 cm³/mol. The number of carbonyl (C=O) groups excluding carboxylic acids is 3. The highest BCUT2D eigenvalue weighted by Crippen LogP contribution is 2.43. The van der Waals surface area contributed by atoms with E-state index in [2.05, 4.69) is 93.7 Å². The van der Waals surface area contributed by atoms with Gasteiger partial charge in [-0.3, -0.25) is 23.4 Å². The van der Waals surface area contributed by atoms with Crippen LogP contribution in [0.3, 0.4) is 0 Å². The first-order chi connectivity index (χ1) is 38.2. The Hall–Kier alpha value is -3.60. The normalized spacial score (nSPS) is 14.0. The Kier molecular flexibility index (Phi) is 56.8. The molecule has 0 aliphatic rings. The summed E-state index contributed by atoms with van der Waals surface area (Å²) in [6, 6.07) is 0. The number of phosphoric acid groups is 1. The van der Waals surface area contributed by atoms with E-state index >= 15 is 0 Å². The van der Waals surface area contributed by atoms with Crippen molar-refractivity contribution in [3.05, 3.63) is 97.2 Å². The fourth-order valence-electron chi connectivity index (χ4n) is 8.28. The van der Waals surface area contributed by atoms with E-state index in [1.807, 2.05) is 18.2 Å². The number of ether oxygens (including phenoxy) is 3. The number of hydrogen-bond donors (Lipinski definition) is 2. The zero-order valence-electron chi connectivity index (χ0n) is 49.6. The molecule has 0 rings (SSSR count). The van der Waals surface area contributed by atoms with Crippen molar-refractivity contribution in [3.8, 4) is 0 Å². The maximum absolute atomic E-state index is 12.9. The smallest absolute Gasteiger partial charge is 0.462 e. The van der Waals surface area contributed by atoms with Gasteiger partial charge in [-0.05, 0) is 103 Å². The molecule has 12 heteroatoms. The third kappa shape index (κ3) is 57.1. The molecule has 0 saturated heterocycles. The van der Waals surface area contributed by atoms with E-state index in [9.17, 15) is 28.9 Å². The van der Waals surface area contributed by atoms with E-state index in [1.165, 1.54) is 122 Å². The first-order valence-electron chi connectivity index (χ1n) is 31.1. The van der Waals surface area contributed by atoms with Gasteiger partial charge in [0.1, 0.15) is 12.7 Å². The van der Waals surface area contributed by atoms with Crippen molar-refractivity contribution in [3.63, 3.8) is 0 Å². The second-order valence-corrected chi connectivity index (χ2v) is 22.0. The quantitative estimate of drug-likeness (QED) is 0.0197. The van der Waals surface area contributed by atoms with Gasteiger partial charge in [-0.15, -0.1) is 0 Å². The fraction of sp³-hybridized carbons (Fsp3) is 0.712. The highest BCUT2D eigenvalue weighted by atomic mass is 31.2. The monoisotopic (exact) mass is 1110 g/mol. The van der Waals surface area contributed by atoms with Crippen LogP contribution in [0, 0.1) is 0 Å². The summed E-state index contributed by atoms with van der Waals surface area (Å²) in [4.78, 5) is 48.6. The van der Waals surface area contributed by atoms with Crippen LogP contribution in [0.2, 0.25) is 0 Å². The molecular weight excluding hydrogens is 1000 g/mol. The van der Waals surface area contributed by atoms with Crippen molar-refractivity contribution in [1.29, 1.82) is 0 Å². The summed E-state index contributed by atoms with van der Waals surface area (Å²) in [5.41, 5.74) is 0. The third-order valence-corrected chi connectivity index (χ3v) is 13.9. The molecule has 0 aliphatic carbocycles. The van der Waals surface area contributed by atoms with E-state index in [1.54, 1.807) is 6.08 Å². The minimum atomic E-state index is -4.78. The lowest BCUT2D eigenvalue weighted by Crippen LogP contribution is -2.30. The summed E-state index contributed by atoms with van der Waals surface area (Å²) >= 11 is 0. The molecule has 0 aliphatic heterocycles. The average Bonchev–Trinajstić information content (AvgIpc) is 3.43. The third-order valence-electron chi connectivity index (χ3n) is 13.0. The molecule has 0 aromatic heterocycles. The number of rotatable bonds is 57. The topological polar surface area (TPSA) is 155 Å². The summed E-state index contributed by atoms with van der Waals surface area (Å²) < 4.78 is 39.5. The molecule has 0 aromatic carbocycles. The van der Waals surface area contributed by atoms with Gasteiger partial charge in [0, 0.05) is 12.8 Å². The van der Waals surface area contributed by atoms with E-state index in [0.717, 1.165) is 83.5 Å². The maximum atomic E-state index is 12.9. The molecular formula is C66H113O11P. The number of aliphatic hydroxyl groups excluding tert-OH is 1. The van der Waals surface area contributed by atoms with Gasteiger partial charge >= 0.3 is 25.7 Å². The summed E-state index contributed by atoms with van der Waals surface area (Å²) in [7, 11) is -4.78. The van der Waals surface area contributed by atoms with E-state index in [4.69, 9.17) is 23.3 Å². The van der Waals surface area contributed by atoms with Crippen LogP contribution in [0.1, 0.15) is 265 Å². The van der Waals surface area contributed by atoms with Crippen molar-refractivity contribution in [2.75, 3.05) is 26.4 Å². The van der Waals surface area contributed by atoms with Gasteiger partial charge in [-0.25, -0.2) is 4.57 Å². The average molecular weight is 1110 g/mol. The Balaban J connectivity index is 4.80. The Bertz CT molecular complexity index is 1680. The van der Waals surface area contributed by atoms with Crippen LogP contribution in [-0.2, 0) is 42.2 Å². The van der Waals surface area contributed by atoms with E-state index in [0.29, 0.717) is 19.3 Å². The van der Waals surface area contributed by atoms with E-state index in [-0.39, 0.29) is 25.9 Å². The van der Waals surface area contributed by atoms with Crippen molar-refractivity contribution in [2.45, 2.75) is 277 Å². The molecule has 0 radical (unpaired) electrons. The first-order valence-corrected chi connectivity index (χ1v) is 32.6. The van der Waals surface area contributed by atoms with Crippen LogP contribution in [-0.4, -0.2) is 66.5 Å². The lowest BCUT2D eigenvalue weighted by Gasteiger charge is -2.21. The summed E-state index contributed by atoms with van der Waals surface area (Å²) in [6.45, 7) is 4.40. The SMILES string of the molecule is CC/C=C\C/C=C\C/C=C\C/C=C\C/C=C\CC(=O)OC(CO)COP(=O)(O)OCC(COC(=O)CCCCCCCCC/C=C\C/C=C\CCCCC)OC(=O)CCCCCCCCCCC/C=C\CCCCCCCC. The van der Waals surface area contributed by atoms with Crippen molar-refractivity contribution in [2.24, 2.45) is 0 Å². The van der Waals surface area contributed by atoms with Gasteiger partial charge in [-0.1, -0.05) is 240 Å². The van der Waals surface area contributed by atoms with Crippen LogP contribution in [0.25, 0.3) is 0 Å². The largest absolute Gasteiger partial charge is 0.472 e. The molecule has 0 heterocycles. The van der Waals surface area contributed by atoms with Gasteiger partial charge in [0.05, 0.1) is 26.2 Å². The molecule has 3 atom stereocenters. The fourth-order valence-corrected chi connectivity index (χ4v) is 9.06. The van der Waals surface area contributed by atoms with Gasteiger partial charge in [0.25, 0.3) is 0 Å². The Labute approximate surface area is 476 Å². The van der Waals surface area contributed by atoms with Crippen molar-refractivity contribution in [1.82, 2.24) is 0 Å². The Morgan fingerprint density at radius 2 is 0.718 bits per heavy atom. The summed E-state index contributed by atoms with van der Waals surface area (Å²) in [5.74, 6) is -1.61. The molecule has 0 bridgehead atoms. The number of hydrogen-bond acceptors (Lipinski definition) is 10. The van der Waals surface area contributed by atoms with Gasteiger partial charge < -0.3 is 24.2 Å². The summed E-state index contributed by atoms with van der Waals surface area (Å²) in [6.07, 6.45) is 71.0. The van der Waals surface area contributed by atoms with Crippen LogP contribution in [0.4, 0.5) is 0 Å². The molecule has 0 fully saturated rings. The highest BCUT2D eigenvalue weighted by molar-refractivity contribution is 7.47. The van der Waals surface area contributed by atoms with Crippen molar-refractivity contribution < 1.29 is 52.2 Å². The number of unbranched alkanes of at least 4 members (excludes halogenated alkanes) is 25. The molecule has 11 nitrogen and oxygen atoms in total. The maximum Gasteiger partial charge on any atom is 0.472 e. The number of aliphatic hydroxyl groups is 1. The minimum absolute atomic E-state index is 0.0584. The minimum Gasteiger partial charge on any atom is -0.462 e. The van der Waals surface area contributed by atoms with Crippen LogP contribution in [0.15, 0.2) is 97.2 Å². The second kappa shape index (κ2) is 59.5. The number of carbonyl (C=O) groups is 3. The van der Waals surface area contributed by atoms with Crippen LogP contribution < -0.4 is 0 Å². The lowest BCUT2D eigenvalue weighted by molar-refractivity contribution is -0.161. The van der Waals surface area contributed by atoms with Crippen molar-refractivity contribution >= 4 is 25.7 Å². The summed E-state index contributed by atoms with van der Waals surface area (Å²) in [5, 5.41) is 9.81. The zero-order valence-corrected chi connectivity index (χ0v) is 50.5. The van der Waals surface area contributed by atoms with E-state index < -0.39 is 57.8 Å². The van der Waals surface area contributed by atoms with Gasteiger partial charge in [0.2, 0.25) is 0 Å². The molecule has 0 amide bonds. The van der Waals surface area contributed by atoms with Gasteiger partial charge in [0.15, 0.2) is 6.10 Å². The van der Waals surface area contributed by atoms with Gasteiger partial charge in [-0.2, -0.15) is 0 Å². The Morgan fingerprint density at radius 1 is 0.385 bits per heavy atom. The number of esters is 3. The number of phosphoric ester groups is 1. The standard InChI is InChI=1S/C66H113O11P/c1-4-7-10-13-16-19-22-25-28-30-31-33-36-39-42-45-48-51-54-57-66(70)77-63(59-73-64(68)55-52-49-46-43-40-37-35-32-29-26-23-20-17-14-11-8-5-2)61-75-78(71,72)74-60-62(58-67)76-65(69)56-53-50-47-44-41-38-34-27-24-21-18-15-12-9-6-3/h9,12,17-18,20-21,25-29,34,41,44,50,53,62-63,67H,4-8,10-11,13-16,19,22-24,30-33,35-40,42-43,45-49,51-52,54-61H2,1-3H3,(H,71,72)/b12-9-,20-17-,21-18-,28-25-,29-26-,34-27-,44-41-,53-50-. The number of allylic oxidation sites excluding steroid dienone is 15. The molecule has 2 N–H and O–H groups in total. The molecule has 78 heavy (non-hydrogen) atoms. The lowest BCUT2D eigenvalue weighted by atomic mass is 10.1. The van der Waals surface area contributed by atoms with Crippen LogP contribution in [0.5, 0.6) is 0 Å². The zero-order chi connectivity index (χ0) is 56.9. The molecule has 0 saturated carbocycles. The molecule has 448 valence electrons. The van der Waals surface area contributed by atoms with Crippen LogP contribution >= 0.6 is 7.82 Å². The molecule has 0 aromatic rings. The molecule has 3 unspecified atom stereocenters. The predicted octanol–water partition coefficient (Wildman–Crippen LogP) is 18.8. The highest BCUT2D eigenvalue weighted by Gasteiger charge is 2.28. The Morgan fingerprint density at radius 3 is 1.17 bits per heavy atom. The molecule has 0 spiro atoms.